The summed E-state index contributed by atoms with van der Waals surface area (Å²) in [5.41, 5.74) is 0. The Kier molecular flexibility index (Phi) is 6.73. The highest BCUT2D eigenvalue weighted by atomic mass is 32.2. The van der Waals surface area contributed by atoms with Gasteiger partial charge in [-0.15, -0.1) is 0 Å². The quantitative estimate of drug-likeness (QED) is 0.742. The summed E-state index contributed by atoms with van der Waals surface area (Å²) in [5.74, 6) is 0.0775. The van der Waals surface area contributed by atoms with E-state index in [0.717, 1.165) is 25.7 Å². The van der Waals surface area contributed by atoms with E-state index in [0.29, 0.717) is 12.6 Å². The van der Waals surface area contributed by atoms with Crippen LogP contribution in [-0.2, 0) is 15.6 Å². The average Bonchev–Trinajstić information content (AvgIpc) is 2.36. The van der Waals surface area contributed by atoms with E-state index in [9.17, 15) is 9.00 Å². The smallest absolute Gasteiger partial charge is 0.232 e. The molecule has 0 heterocycles. The van der Waals surface area contributed by atoms with Crippen molar-refractivity contribution in [3.8, 4) is 0 Å². The number of hydrogen-bond acceptors (Lipinski definition) is 3. The first-order valence-corrected chi connectivity index (χ1v) is 7.88. The fourth-order valence-electron chi connectivity index (χ4n) is 2.29. The molecule has 0 bridgehead atoms. The monoisotopic (exact) mass is 260 g/mol. The summed E-state index contributed by atoms with van der Waals surface area (Å²) in [4.78, 5) is 11.5. The maximum absolute atomic E-state index is 12.2. The summed E-state index contributed by atoms with van der Waals surface area (Å²) in [6.45, 7) is 2.69. The average molecular weight is 260 g/mol. The van der Waals surface area contributed by atoms with E-state index in [1.807, 2.05) is 14.0 Å². The number of carbonyl (C=O) groups excluding carboxylic acids is 1. The minimum atomic E-state index is -1.04. The van der Waals surface area contributed by atoms with Crippen LogP contribution in [0.25, 0.3) is 0 Å². The summed E-state index contributed by atoms with van der Waals surface area (Å²) in [5, 5.41) is 6.15. The molecule has 1 saturated carbocycles. The van der Waals surface area contributed by atoms with Crippen LogP contribution in [-0.4, -0.2) is 40.8 Å². The topological polar surface area (TPSA) is 58.2 Å². The van der Waals surface area contributed by atoms with Crippen molar-refractivity contribution < 1.29 is 9.00 Å². The van der Waals surface area contributed by atoms with Crippen molar-refractivity contribution in [3.63, 3.8) is 0 Å². The third kappa shape index (κ3) is 4.76. The molecule has 0 spiro atoms. The molecule has 3 unspecified atom stereocenters. The molecule has 4 nitrogen and oxygen atoms in total. The van der Waals surface area contributed by atoms with Gasteiger partial charge in [-0.3, -0.25) is 9.00 Å². The van der Waals surface area contributed by atoms with Crippen LogP contribution in [0, 0.1) is 0 Å². The molecule has 0 saturated heterocycles. The summed E-state index contributed by atoms with van der Waals surface area (Å²) < 4.78 is 12.2. The van der Waals surface area contributed by atoms with Crippen molar-refractivity contribution >= 4 is 16.7 Å². The van der Waals surface area contributed by atoms with Crippen LogP contribution in [0.5, 0.6) is 0 Å². The van der Waals surface area contributed by atoms with E-state index in [2.05, 4.69) is 10.6 Å². The highest BCUT2D eigenvalue weighted by molar-refractivity contribution is 7.86. The Hall–Kier alpha value is -0.420. The Morgan fingerprint density at radius 2 is 2.06 bits per heavy atom. The molecule has 0 radical (unpaired) electrons. The lowest BCUT2D eigenvalue weighted by molar-refractivity contribution is -0.118. The molecule has 0 aromatic heterocycles. The Labute approximate surface area is 106 Å². The van der Waals surface area contributed by atoms with Gasteiger partial charge in [0, 0.05) is 23.4 Å². The molecule has 1 fully saturated rings. The normalized spacial score (nSPS) is 26.5. The second-order valence-electron chi connectivity index (χ2n) is 4.59. The molecule has 100 valence electrons. The van der Waals surface area contributed by atoms with Crippen LogP contribution in [0.3, 0.4) is 0 Å². The number of hydrogen-bond donors (Lipinski definition) is 2. The summed E-state index contributed by atoms with van der Waals surface area (Å²) in [6.07, 6.45) is 5.29. The van der Waals surface area contributed by atoms with Gasteiger partial charge < -0.3 is 10.6 Å². The van der Waals surface area contributed by atoms with Crippen LogP contribution in [0.1, 0.15) is 39.0 Å². The van der Waals surface area contributed by atoms with Gasteiger partial charge in [-0.05, 0) is 26.3 Å². The van der Waals surface area contributed by atoms with Crippen molar-refractivity contribution in [1.82, 2.24) is 10.6 Å². The number of amides is 1. The molecule has 5 heteroatoms. The van der Waals surface area contributed by atoms with Gasteiger partial charge in [0.25, 0.3) is 0 Å². The molecule has 1 rings (SSSR count). The first-order chi connectivity index (χ1) is 8.19. The third-order valence-electron chi connectivity index (χ3n) is 3.26. The van der Waals surface area contributed by atoms with Gasteiger partial charge in [0.2, 0.25) is 5.91 Å². The lowest BCUT2D eigenvalue weighted by Crippen LogP contribution is -2.44. The van der Waals surface area contributed by atoms with E-state index < -0.39 is 10.8 Å². The highest BCUT2D eigenvalue weighted by Gasteiger charge is 2.29. The lowest BCUT2D eigenvalue weighted by Gasteiger charge is -2.30. The van der Waals surface area contributed by atoms with Crippen LogP contribution < -0.4 is 10.6 Å². The number of rotatable bonds is 6. The molecular formula is C12H24N2O2S. The van der Waals surface area contributed by atoms with E-state index in [4.69, 9.17) is 0 Å². The molecule has 17 heavy (non-hydrogen) atoms. The van der Waals surface area contributed by atoms with Gasteiger partial charge in [0.05, 0.1) is 5.25 Å². The zero-order valence-corrected chi connectivity index (χ0v) is 11.6. The predicted octanol–water partition coefficient (Wildman–Crippen LogP) is 0.792. The third-order valence-corrected chi connectivity index (χ3v) is 5.04. The fourth-order valence-corrected chi connectivity index (χ4v) is 3.94. The first kappa shape index (κ1) is 14.6. The summed E-state index contributed by atoms with van der Waals surface area (Å²) in [6, 6.07) is 0.309. The largest absolute Gasteiger partial charge is 0.355 e. The maximum atomic E-state index is 12.2. The molecule has 3 atom stereocenters. The van der Waals surface area contributed by atoms with Gasteiger partial charge in [0.1, 0.15) is 5.75 Å². The number of carbonyl (C=O) groups is 1. The van der Waals surface area contributed by atoms with Gasteiger partial charge >= 0.3 is 0 Å². The Balaban J connectivity index is 2.42. The highest BCUT2D eigenvalue weighted by Crippen LogP contribution is 2.22. The SMILES string of the molecule is CCCNC(=O)CS(=O)C1CCCCC1NC. The molecule has 1 amide bonds. The number of nitrogens with one attached hydrogen (secondary N) is 2. The molecule has 0 aromatic rings. The predicted molar refractivity (Wildman–Crippen MR) is 71.4 cm³/mol. The van der Waals surface area contributed by atoms with Crippen LogP contribution in [0.2, 0.25) is 0 Å². The molecule has 1 aliphatic rings. The van der Waals surface area contributed by atoms with Crippen molar-refractivity contribution in [2.45, 2.75) is 50.3 Å². The Morgan fingerprint density at radius 3 is 2.71 bits per heavy atom. The van der Waals surface area contributed by atoms with Gasteiger partial charge in [-0.25, -0.2) is 0 Å². The molecule has 0 aliphatic heterocycles. The van der Waals surface area contributed by atoms with Gasteiger partial charge in [0.15, 0.2) is 0 Å². The van der Waals surface area contributed by atoms with Crippen molar-refractivity contribution in [3.05, 3.63) is 0 Å². The maximum Gasteiger partial charge on any atom is 0.232 e. The van der Waals surface area contributed by atoms with Crippen LogP contribution >= 0.6 is 0 Å². The summed E-state index contributed by atoms with van der Waals surface area (Å²) in [7, 11) is 0.870. The Bertz CT molecular complexity index is 271. The lowest BCUT2D eigenvalue weighted by atomic mass is 9.95. The van der Waals surface area contributed by atoms with E-state index in [1.54, 1.807) is 0 Å². The van der Waals surface area contributed by atoms with Crippen molar-refractivity contribution in [2.24, 2.45) is 0 Å². The van der Waals surface area contributed by atoms with E-state index >= 15 is 0 Å². The first-order valence-electron chi connectivity index (χ1n) is 6.50. The molecule has 1 aliphatic carbocycles. The van der Waals surface area contributed by atoms with Gasteiger partial charge in [-0.2, -0.15) is 0 Å². The zero-order valence-electron chi connectivity index (χ0n) is 10.8. The summed E-state index contributed by atoms with van der Waals surface area (Å²) >= 11 is 0. The van der Waals surface area contributed by atoms with Crippen molar-refractivity contribution in [2.75, 3.05) is 19.3 Å². The molecule has 2 N–H and O–H groups in total. The van der Waals surface area contributed by atoms with Crippen LogP contribution in [0.4, 0.5) is 0 Å². The second-order valence-corrected chi connectivity index (χ2v) is 6.25. The zero-order chi connectivity index (χ0) is 12.7. The second kappa shape index (κ2) is 7.82. The van der Waals surface area contributed by atoms with E-state index in [1.165, 1.54) is 6.42 Å². The molecule has 0 aromatic carbocycles. The standard InChI is InChI=1S/C12H24N2O2S/c1-3-8-14-12(15)9-17(16)11-7-5-4-6-10(11)13-2/h10-11,13H,3-9H2,1-2H3,(H,14,15). The van der Waals surface area contributed by atoms with Crippen LogP contribution in [0.15, 0.2) is 0 Å². The Morgan fingerprint density at radius 1 is 1.35 bits per heavy atom. The fraction of sp³-hybridized carbons (Fsp3) is 0.917. The molecular weight excluding hydrogens is 236 g/mol. The van der Waals surface area contributed by atoms with Crippen molar-refractivity contribution in [1.29, 1.82) is 0 Å². The minimum absolute atomic E-state index is 0.0781. The van der Waals surface area contributed by atoms with E-state index in [-0.39, 0.29) is 16.9 Å². The minimum Gasteiger partial charge on any atom is -0.355 e. The van der Waals surface area contributed by atoms with Gasteiger partial charge in [-0.1, -0.05) is 19.8 Å².